The largest absolute Gasteiger partial charge is 0.351 e. The van der Waals surface area contributed by atoms with E-state index in [1.54, 1.807) is 6.92 Å². The van der Waals surface area contributed by atoms with Crippen molar-refractivity contribution in [1.82, 2.24) is 15.1 Å². The number of halogens is 1. The van der Waals surface area contributed by atoms with Crippen LogP contribution in [0.15, 0.2) is 91.1 Å². The van der Waals surface area contributed by atoms with Gasteiger partial charge in [-0.25, -0.2) is 9.07 Å². The Balaban J connectivity index is 1.37. The number of benzene rings is 3. The molecule has 6 nitrogen and oxygen atoms in total. The van der Waals surface area contributed by atoms with E-state index in [1.807, 2.05) is 71.5 Å². The summed E-state index contributed by atoms with van der Waals surface area (Å²) in [5.41, 5.74) is 4.09. The smallest absolute Gasteiger partial charge is 0.234 e. The summed E-state index contributed by atoms with van der Waals surface area (Å²) in [6, 6.07) is 25.2. The molecule has 0 aliphatic rings. The van der Waals surface area contributed by atoms with Crippen LogP contribution >= 0.6 is 11.8 Å². The number of carbonyl (C=O) groups is 2. The van der Waals surface area contributed by atoms with Gasteiger partial charge in [-0.05, 0) is 43.3 Å². The van der Waals surface area contributed by atoms with Crippen LogP contribution in [0.4, 0.5) is 10.1 Å². The molecule has 2 N–H and O–H groups in total. The Bertz CT molecular complexity index is 1280. The molecular weight excluding hydrogens is 463 g/mol. The first-order valence-corrected chi connectivity index (χ1v) is 12.2. The number of carbonyl (C=O) groups excluding carboxylic acids is 2. The molecule has 0 saturated heterocycles. The summed E-state index contributed by atoms with van der Waals surface area (Å²) in [6.45, 7) is 2.07. The molecule has 1 aromatic heterocycles. The van der Waals surface area contributed by atoms with Gasteiger partial charge in [-0.3, -0.25) is 9.59 Å². The van der Waals surface area contributed by atoms with Crippen molar-refractivity contribution in [3.05, 3.63) is 103 Å². The maximum absolute atomic E-state index is 13.0. The monoisotopic (exact) mass is 488 g/mol. The molecule has 0 spiro atoms. The van der Waals surface area contributed by atoms with Crippen LogP contribution in [0.3, 0.4) is 0 Å². The van der Waals surface area contributed by atoms with E-state index in [2.05, 4.69) is 10.6 Å². The van der Waals surface area contributed by atoms with E-state index in [0.717, 1.165) is 22.5 Å². The van der Waals surface area contributed by atoms with Gasteiger partial charge in [0.25, 0.3) is 0 Å². The maximum atomic E-state index is 13.0. The minimum atomic E-state index is -0.432. The third kappa shape index (κ3) is 6.58. The molecule has 0 bridgehead atoms. The van der Waals surface area contributed by atoms with Crippen LogP contribution in [0.25, 0.3) is 16.9 Å². The Hall–Kier alpha value is -3.91. The zero-order valence-corrected chi connectivity index (χ0v) is 20.0. The van der Waals surface area contributed by atoms with Crippen molar-refractivity contribution in [2.24, 2.45) is 0 Å². The zero-order chi connectivity index (χ0) is 24.6. The highest BCUT2D eigenvalue weighted by Gasteiger charge is 2.18. The summed E-state index contributed by atoms with van der Waals surface area (Å²) in [7, 11) is 0. The summed E-state index contributed by atoms with van der Waals surface area (Å²) >= 11 is 1.23. The second kappa shape index (κ2) is 11.5. The zero-order valence-electron chi connectivity index (χ0n) is 19.1. The van der Waals surface area contributed by atoms with Gasteiger partial charge in [-0.15, -0.1) is 11.8 Å². The number of nitrogens with zero attached hydrogens (tertiary/aromatic N) is 2. The van der Waals surface area contributed by atoms with Gasteiger partial charge in [0.15, 0.2) is 0 Å². The lowest BCUT2D eigenvalue weighted by atomic mass is 10.1. The Labute approximate surface area is 207 Å². The van der Waals surface area contributed by atoms with Crippen molar-refractivity contribution in [2.75, 3.05) is 11.1 Å². The van der Waals surface area contributed by atoms with Crippen LogP contribution < -0.4 is 10.6 Å². The molecule has 8 heteroatoms. The molecule has 0 aliphatic carbocycles. The fourth-order valence-electron chi connectivity index (χ4n) is 3.42. The van der Waals surface area contributed by atoms with Gasteiger partial charge in [0, 0.05) is 29.6 Å². The lowest BCUT2D eigenvalue weighted by molar-refractivity contribution is -0.120. The molecule has 0 aliphatic heterocycles. The molecular formula is C27H25FN4O2S. The molecule has 3 aromatic carbocycles. The number of para-hydroxylation sites is 1. The van der Waals surface area contributed by atoms with Crippen LogP contribution in [0.2, 0.25) is 0 Å². The van der Waals surface area contributed by atoms with Gasteiger partial charge < -0.3 is 10.6 Å². The molecule has 4 aromatic rings. The van der Waals surface area contributed by atoms with E-state index >= 15 is 0 Å². The van der Waals surface area contributed by atoms with E-state index in [1.165, 1.54) is 36.0 Å². The molecule has 178 valence electrons. The highest BCUT2D eigenvalue weighted by Crippen LogP contribution is 2.24. The van der Waals surface area contributed by atoms with Crippen LogP contribution in [0.5, 0.6) is 0 Å². The van der Waals surface area contributed by atoms with Crippen LogP contribution in [-0.2, 0) is 16.1 Å². The topological polar surface area (TPSA) is 76.0 Å². The first kappa shape index (κ1) is 24.2. The Morgan fingerprint density at radius 2 is 1.63 bits per heavy atom. The normalized spacial score (nSPS) is 11.6. The molecule has 0 fully saturated rings. The Kier molecular flexibility index (Phi) is 7.95. The second-order valence-corrected chi connectivity index (χ2v) is 9.20. The predicted octanol–water partition coefficient (Wildman–Crippen LogP) is 5.06. The summed E-state index contributed by atoms with van der Waals surface area (Å²) in [6.07, 6.45) is 1.92. The van der Waals surface area contributed by atoms with E-state index in [4.69, 9.17) is 5.10 Å². The molecule has 2 amide bonds. The number of aromatic nitrogens is 2. The fourth-order valence-corrected chi connectivity index (χ4v) is 4.13. The first-order valence-electron chi connectivity index (χ1n) is 11.1. The van der Waals surface area contributed by atoms with Gasteiger partial charge in [-0.1, -0.05) is 48.5 Å². The van der Waals surface area contributed by atoms with E-state index in [0.29, 0.717) is 12.2 Å². The molecule has 0 radical (unpaired) electrons. The number of hydrogen-bond acceptors (Lipinski definition) is 4. The van der Waals surface area contributed by atoms with Crippen LogP contribution in [-0.4, -0.2) is 32.6 Å². The van der Waals surface area contributed by atoms with E-state index in [-0.39, 0.29) is 23.4 Å². The standard InChI is InChI=1S/C27H25FN4O2S/c1-19(35-18-25(33)30-23-14-12-22(28)13-15-23)27(34)29-16-21-17-32(24-10-6-3-7-11-24)31-26(21)20-8-4-2-5-9-20/h2-15,17,19H,16,18H2,1H3,(H,29,34)(H,30,33). The molecule has 1 heterocycles. The molecule has 4 rings (SSSR count). The minimum absolute atomic E-state index is 0.104. The Morgan fingerprint density at radius 1 is 0.971 bits per heavy atom. The fraction of sp³-hybridized carbons (Fsp3) is 0.148. The number of anilines is 1. The van der Waals surface area contributed by atoms with Crippen molar-refractivity contribution in [3.8, 4) is 16.9 Å². The predicted molar refractivity (Wildman–Crippen MR) is 138 cm³/mol. The Morgan fingerprint density at radius 3 is 2.31 bits per heavy atom. The lowest BCUT2D eigenvalue weighted by Gasteiger charge is -2.12. The number of hydrogen-bond donors (Lipinski definition) is 2. The third-order valence-electron chi connectivity index (χ3n) is 5.27. The second-order valence-electron chi connectivity index (χ2n) is 7.88. The van der Waals surface area contributed by atoms with Gasteiger partial charge in [0.05, 0.1) is 22.4 Å². The quantitative estimate of drug-likeness (QED) is 0.346. The number of amides is 2. The van der Waals surface area contributed by atoms with Crippen molar-refractivity contribution >= 4 is 29.3 Å². The van der Waals surface area contributed by atoms with E-state index in [9.17, 15) is 14.0 Å². The highest BCUT2D eigenvalue weighted by molar-refractivity contribution is 8.01. The number of thioether (sulfide) groups is 1. The van der Waals surface area contributed by atoms with Crippen molar-refractivity contribution < 1.29 is 14.0 Å². The lowest BCUT2D eigenvalue weighted by Crippen LogP contribution is -2.31. The summed E-state index contributed by atoms with van der Waals surface area (Å²) in [5, 5.41) is 9.99. The summed E-state index contributed by atoms with van der Waals surface area (Å²) in [5.74, 6) is -0.687. The van der Waals surface area contributed by atoms with E-state index < -0.39 is 5.25 Å². The van der Waals surface area contributed by atoms with Gasteiger partial charge in [0.1, 0.15) is 5.82 Å². The highest BCUT2D eigenvalue weighted by atomic mass is 32.2. The van der Waals surface area contributed by atoms with Crippen LogP contribution in [0, 0.1) is 5.82 Å². The van der Waals surface area contributed by atoms with Gasteiger partial charge >= 0.3 is 0 Å². The van der Waals surface area contributed by atoms with Crippen LogP contribution in [0.1, 0.15) is 12.5 Å². The van der Waals surface area contributed by atoms with Crippen molar-refractivity contribution in [3.63, 3.8) is 0 Å². The average molecular weight is 489 g/mol. The SMILES string of the molecule is CC(SCC(=O)Nc1ccc(F)cc1)C(=O)NCc1cn(-c2ccccc2)nc1-c1ccccc1. The summed E-state index contributed by atoms with van der Waals surface area (Å²) in [4.78, 5) is 24.9. The minimum Gasteiger partial charge on any atom is -0.351 e. The van der Waals surface area contributed by atoms with Gasteiger partial charge in [-0.2, -0.15) is 5.10 Å². The molecule has 1 atom stereocenters. The van der Waals surface area contributed by atoms with Crippen molar-refractivity contribution in [2.45, 2.75) is 18.7 Å². The number of nitrogens with one attached hydrogen (secondary N) is 2. The summed E-state index contributed by atoms with van der Waals surface area (Å²) < 4.78 is 14.8. The first-order chi connectivity index (χ1) is 17.0. The van der Waals surface area contributed by atoms with Gasteiger partial charge in [0.2, 0.25) is 11.8 Å². The third-order valence-corrected chi connectivity index (χ3v) is 6.42. The molecule has 0 saturated carbocycles. The van der Waals surface area contributed by atoms with Crippen molar-refractivity contribution in [1.29, 1.82) is 0 Å². The number of rotatable bonds is 9. The maximum Gasteiger partial charge on any atom is 0.234 e. The average Bonchev–Trinajstić information content (AvgIpc) is 3.32. The molecule has 1 unspecified atom stereocenters. The molecule has 35 heavy (non-hydrogen) atoms.